The monoisotopic (exact) mass is 282 g/mol. The number of methoxy groups -OCH3 is 1. The van der Waals surface area contributed by atoms with E-state index in [0.29, 0.717) is 11.3 Å². The quantitative estimate of drug-likeness (QED) is 0.479. The van der Waals surface area contributed by atoms with Crippen LogP contribution in [0.2, 0.25) is 0 Å². The second-order valence-electron chi connectivity index (χ2n) is 4.16. The molecule has 21 heavy (non-hydrogen) atoms. The summed E-state index contributed by atoms with van der Waals surface area (Å²) in [6.45, 7) is 0. The van der Waals surface area contributed by atoms with E-state index in [2.05, 4.69) is 4.74 Å². The predicted molar refractivity (Wildman–Crippen MR) is 78.4 cm³/mol. The molecule has 2 aromatic rings. The molecule has 106 valence electrons. The lowest BCUT2D eigenvalue weighted by molar-refractivity contribution is -0.134. The molecule has 0 heterocycles. The van der Waals surface area contributed by atoms with E-state index in [9.17, 15) is 9.59 Å². The number of carbonyl (C=O) groups is 2. The van der Waals surface area contributed by atoms with Gasteiger partial charge in [0.2, 0.25) is 0 Å². The first-order valence-corrected chi connectivity index (χ1v) is 6.32. The lowest BCUT2D eigenvalue weighted by atomic mass is 10.1. The third-order valence-corrected chi connectivity index (χ3v) is 2.69. The minimum absolute atomic E-state index is 0.272. The van der Waals surface area contributed by atoms with E-state index in [1.165, 1.54) is 13.2 Å². The summed E-state index contributed by atoms with van der Waals surface area (Å²) in [5.41, 5.74) is 0.468. The fourth-order valence-corrected chi connectivity index (χ4v) is 1.62. The molecule has 2 aromatic carbocycles. The lowest BCUT2D eigenvalue weighted by Crippen LogP contribution is -1.98. The number of hydrogen-bond acceptors (Lipinski definition) is 4. The number of ketones is 1. The van der Waals surface area contributed by atoms with E-state index in [1.54, 1.807) is 24.3 Å². The predicted octanol–water partition coefficient (Wildman–Crippen LogP) is 3.39. The van der Waals surface area contributed by atoms with E-state index in [4.69, 9.17) is 4.74 Å². The van der Waals surface area contributed by atoms with Gasteiger partial charge in [0.15, 0.2) is 5.78 Å². The summed E-state index contributed by atoms with van der Waals surface area (Å²) in [6, 6.07) is 16.0. The van der Waals surface area contributed by atoms with Crippen LogP contribution < -0.4 is 4.74 Å². The molecule has 0 aromatic heterocycles. The van der Waals surface area contributed by atoms with Gasteiger partial charge in [0.1, 0.15) is 11.5 Å². The topological polar surface area (TPSA) is 52.6 Å². The second kappa shape index (κ2) is 7.05. The summed E-state index contributed by atoms with van der Waals surface area (Å²) >= 11 is 0. The molecule has 0 bridgehead atoms. The number of benzene rings is 2. The maximum Gasteiger partial charge on any atom is 0.330 e. The average Bonchev–Trinajstić information content (AvgIpc) is 2.54. The van der Waals surface area contributed by atoms with Crippen molar-refractivity contribution in [1.82, 2.24) is 0 Å². The normalized spacial score (nSPS) is 10.3. The minimum atomic E-state index is -0.563. The van der Waals surface area contributed by atoms with Crippen molar-refractivity contribution in [3.8, 4) is 11.5 Å². The van der Waals surface area contributed by atoms with Gasteiger partial charge in [0.05, 0.1) is 7.11 Å². The first-order chi connectivity index (χ1) is 10.2. The van der Waals surface area contributed by atoms with Crippen molar-refractivity contribution >= 4 is 11.8 Å². The molecule has 0 amide bonds. The maximum absolute atomic E-state index is 11.8. The number of para-hydroxylation sites is 1. The second-order valence-corrected chi connectivity index (χ2v) is 4.16. The third kappa shape index (κ3) is 4.31. The van der Waals surface area contributed by atoms with Crippen molar-refractivity contribution in [2.24, 2.45) is 0 Å². The summed E-state index contributed by atoms with van der Waals surface area (Å²) in [5, 5.41) is 0. The Morgan fingerprint density at radius 1 is 0.857 bits per heavy atom. The molecule has 4 nitrogen and oxygen atoms in total. The molecule has 0 atom stereocenters. The highest BCUT2D eigenvalue weighted by Gasteiger charge is 2.04. The Hall–Kier alpha value is -2.88. The molecule has 0 unspecified atom stereocenters. The van der Waals surface area contributed by atoms with Gasteiger partial charge in [0, 0.05) is 11.6 Å². The van der Waals surface area contributed by atoms with Crippen molar-refractivity contribution in [2.75, 3.05) is 7.11 Å². The van der Waals surface area contributed by atoms with Gasteiger partial charge in [-0.05, 0) is 42.5 Å². The molecule has 0 fully saturated rings. The fraction of sp³-hybridized carbons (Fsp3) is 0.0588. The van der Waals surface area contributed by atoms with Crippen molar-refractivity contribution in [1.29, 1.82) is 0 Å². The van der Waals surface area contributed by atoms with E-state index in [1.807, 2.05) is 30.3 Å². The Morgan fingerprint density at radius 3 is 2.10 bits per heavy atom. The van der Waals surface area contributed by atoms with Crippen LogP contribution in [0.4, 0.5) is 0 Å². The Bertz CT molecular complexity index is 642. The SMILES string of the molecule is COC(=O)/C=C/C(=O)c1ccc(Oc2ccccc2)cc1. The zero-order chi connectivity index (χ0) is 15.1. The zero-order valence-electron chi connectivity index (χ0n) is 11.5. The average molecular weight is 282 g/mol. The van der Waals surface area contributed by atoms with Gasteiger partial charge in [-0.25, -0.2) is 4.79 Å². The van der Waals surface area contributed by atoms with Crippen molar-refractivity contribution < 1.29 is 19.1 Å². The Morgan fingerprint density at radius 2 is 1.48 bits per heavy atom. The number of ether oxygens (including phenoxy) is 2. The van der Waals surface area contributed by atoms with Crippen LogP contribution in [0.1, 0.15) is 10.4 Å². The Balaban J connectivity index is 2.03. The molecule has 0 spiro atoms. The summed E-state index contributed by atoms with van der Waals surface area (Å²) in [4.78, 5) is 22.7. The summed E-state index contributed by atoms with van der Waals surface area (Å²) in [6.07, 6.45) is 2.27. The van der Waals surface area contributed by atoms with Crippen LogP contribution in [0.15, 0.2) is 66.7 Å². The molecule has 0 aliphatic rings. The molecule has 2 rings (SSSR count). The van der Waals surface area contributed by atoms with E-state index >= 15 is 0 Å². The molecule has 0 aliphatic carbocycles. The molecule has 0 radical (unpaired) electrons. The largest absolute Gasteiger partial charge is 0.466 e. The maximum atomic E-state index is 11.8. The number of carbonyl (C=O) groups excluding carboxylic acids is 2. The zero-order valence-corrected chi connectivity index (χ0v) is 11.5. The van der Waals surface area contributed by atoms with Gasteiger partial charge in [0.25, 0.3) is 0 Å². The van der Waals surface area contributed by atoms with E-state index in [-0.39, 0.29) is 5.78 Å². The van der Waals surface area contributed by atoms with Gasteiger partial charge < -0.3 is 9.47 Å². The molecule has 0 saturated heterocycles. The summed E-state index contributed by atoms with van der Waals surface area (Å²) < 4.78 is 10.0. The summed E-state index contributed by atoms with van der Waals surface area (Å²) in [7, 11) is 1.26. The standard InChI is InChI=1S/C17H14O4/c1-20-17(19)12-11-16(18)13-7-9-15(10-8-13)21-14-5-3-2-4-6-14/h2-12H,1H3/b12-11+. The van der Waals surface area contributed by atoms with Crippen LogP contribution in [-0.4, -0.2) is 18.9 Å². The van der Waals surface area contributed by atoms with Crippen molar-refractivity contribution in [3.63, 3.8) is 0 Å². The lowest BCUT2D eigenvalue weighted by Gasteiger charge is -2.05. The van der Waals surface area contributed by atoms with Crippen LogP contribution in [0.3, 0.4) is 0 Å². The molecular weight excluding hydrogens is 268 g/mol. The van der Waals surface area contributed by atoms with Crippen LogP contribution in [0.5, 0.6) is 11.5 Å². The number of hydrogen-bond donors (Lipinski definition) is 0. The van der Waals surface area contributed by atoms with Gasteiger partial charge in [-0.15, -0.1) is 0 Å². The van der Waals surface area contributed by atoms with Gasteiger partial charge >= 0.3 is 5.97 Å². The van der Waals surface area contributed by atoms with Gasteiger partial charge in [-0.2, -0.15) is 0 Å². The number of allylic oxidation sites excluding steroid dienone is 1. The highest BCUT2D eigenvalue weighted by molar-refractivity contribution is 6.07. The van der Waals surface area contributed by atoms with E-state index < -0.39 is 5.97 Å². The highest BCUT2D eigenvalue weighted by Crippen LogP contribution is 2.21. The molecule has 4 heteroatoms. The van der Waals surface area contributed by atoms with Crippen LogP contribution >= 0.6 is 0 Å². The van der Waals surface area contributed by atoms with Gasteiger partial charge in [-0.1, -0.05) is 18.2 Å². The van der Waals surface area contributed by atoms with Crippen molar-refractivity contribution in [3.05, 3.63) is 72.3 Å². The van der Waals surface area contributed by atoms with Crippen LogP contribution in [0, 0.1) is 0 Å². The molecule has 0 N–H and O–H groups in total. The fourth-order valence-electron chi connectivity index (χ4n) is 1.62. The first-order valence-electron chi connectivity index (χ1n) is 6.32. The van der Waals surface area contributed by atoms with E-state index in [0.717, 1.165) is 11.8 Å². The Kier molecular flexibility index (Phi) is 4.88. The molecular formula is C17H14O4. The smallest absolute Gasteiger partial charge is 0.330 e. The molecule has 0 aliphatic heterocycles. The molecule has 0 saturated carbocycles. The van der Waals surface area contributed by atoms with Crippen LogP contribution in [0.25, 0.3) is 0 Å². The minimum Gasteiger partial charge on any atom is -0.466 e. The highest BCUT2D eigenvalue weighted by atomic mass is 16.5. The summed E-state index contributed by atoms with van der Waals surface area (Å²) in [5.74, 6) is 0.524. The first kappa shape index (κ1) is 14.5. The number of rotatable bonds is 5. The third-order valence-electron chi connectivity index (χ3n) is 2.69. The van der Waals surface area contributed by atoms with Gasteiger partial charge in [-0.3, -0.25) is 4.79 Å². The van der Waals surface area contributed by atoms with Crippen LogP contribution in [-0.2, 0) is 9.53 Å². The number of esters is 1. The van der Waals surface area contributed by atoms with Crippen molar-refractivity contribution in [2.45, 2.75) is 0 Å². The Labute approximate surface area is 122 Å².